The van der Waals surface area contributed by atoms with Crippen molar-refractivity contribution in [1.29, 1.82) is 0 Å². The molecule has 0 spiro atoms. The molecule has 1 aliphatic carbocycles. The van der Waals surface area contributed by atoms with E-state index in [0.717, 1.165) is 33.4 Å². The molecule has 1 aliphatic rings. The van der Waals surface area contributed by atoms with Gasteiger partial charge in [0, 0.05) is 22.1 Å². The minimum Gasteiger partial charge on any atom is -0.273 e. The Morgan fingerprint density at radius 1 is 1.15 bits per heavy atom. The van der Waals surface area contributed by atoms with Gasteiger partial charge in [-0.05, 0) is 67.1 Å². The number of carbonyl (C=O) groups is 1. The van der Waals surface area contributed by atoms with Gasteiger partial charge in [0.25, 0.3) is 0 Å². The van der Waals surface area contributed by atoms with E-state index < -0.39 is 0 Å². The normalized spacial score (nSPS) is 13.4. The number of aromatic nitrogens is 1. The van der Waals surface area contributed by atoms with Gasteiger partial charge in [-0.1, -0.05) is 29.0 Å². The second-order valence-electron chi connectivity index (χ2n) is 6.50. The zero-order chi connectivity index (χ0) is 18.6. The van der Waals surface area contributed by atoms with E-state index in [2.05, 4.69) is 23.0 Å². The van der Waals surface area contributed by atoms with Gasteiger partial charge in [-0.25, -0.2) is 4.98 Å². The van der Waals surface area contributed by atoms with Gasteiger partial charge in [0.1, 0.15) is 0 Å². The van der Waals surface area contributed by atoms with Gasteiger partial charge in [-0.2, -0.15) is 0 Å². The summed E-state index contributed by atoms with van der Waals surface area (Å²) in [5.74, 6) is 0.667. The van der Waals surface area contributed by atoms with Gasteiger partial charge in [0.15, 0.2) is 0 Å². The highest BCUT2D eigenvalue weighted by Gasteiger charge is 2.15. The molecular formula is C20H20ClN3OS2. The molecule has 1 heterocycles. The molecule has 4 rings (SSSR count). The third-order valence-corrected chi connectivity index (χ3v) is 6.81. The molecule has 0 radical (unpaired) electrons. The number of aryl methyl sites for hydroxylation is 2. The van der Waals surface area contributed by atoms with Crippen molar-refractivity contribution < 1.29 is 4.79 Å². The third-order valence-electron chi connectivity index (χ3n) is 4.61. The Kier molecular flexibility index (Phi) is 5.86. The lowest BCUT2D eigenvalue weighted by atomic mass is 9.91. The van der Waals surface area contributed by atoms with Crippen LogP contribution >= 0.6 is 34.7 Å². The Hall–Kier alpha value is -1.76. The SMILES string of the molecule is O=C(CCSc1ccc(Cl)cc1)NNc1nc2c3c(ccc2s1)CCCC3. The molecule has 140 valence electrons. The molecule has 2 N–H and O–H groups in total. The van der Waals surface area contributed by atoms with Crippen molar-refractivity contribution in [2.24, 2.45) is 0 Å². The zero-order valence-electron chi connectivity index (χ0n) is 14.8. The van der Waals surface area contributed by atoms with Crippen LogP contribution in [0, 0.1) is 0 Å². The average molecular weight is 418 g/mol. The van der Waals surface area contributed by atoms with Crippen molar-refractivity contribution in [3.63, 3.8) is 0 Å². The molecule has 0 aliphatic heterocycles. The van der Waals surface area contributed by atoms with Crippen LogP contribution in [0.15, 0.2) is 41.3 Å². The van der Waals surface area contributed by atoms with Gasteiger partial charge >= 0.3 is 0 Å². The number of anilines is 1. The van der Waals surface area contributed by atoms with Crippen molar-refractivity contribution in [3.8, 4) is 0 Å². The van der Waals surface area contributed by atoms with E-state index in [1.54, 1.807) is 23.1 Å². The highest BCUT2D eigenvalue weighted by molar-refractivity contribution is 7.99. The molecular weight excluding hydrogens is 398 g/mol. The van der Waals surface area contributed by atoms with E-state index >= 15 is 0 Å². The molecule has 0 atom stereocenters. The summed E-state index contributed by atoms with van der Waals surface area (Å²) >= 11 is 9.10. The number of thioether (sulfide) groups is 1. The molecule has 0 unspecified atom stereocenters. The minimum atomic E-state index is -0.0438. The fourth-order valence-corrected chi connectivity index (χ4v) is 5.08. The highest BCUT2D eigenvalue weighted by Crippen LogP contribution is 2.33. The molecule has 7 heteroatoms. The number of amides is 1. The fourth-order valence-electron chi connectivity index (χ4n) is 3.25. The lowest BCUT2D eigenvalue weighted by Crippen LogP contribution is -2.29. The fraction of sp³-hybridized carbons (Fsp3) is 0.300. The van der Waals surface area contributed by atoms with Crippen LogP contribution in [0.1, 0.15) is 30.4 Å². The molecule has 1 amide bonds. The Morgan fingerprint density at radius 2 is 1.96 bits per heavy atom. The van der Waals surface area contributed by atoms with E-state index in [4.69, 9.17) is 16.6 Å². The molecule has 0 fully saturated rings. The van der Waals surface area contributed by atoms with E-state index in [9.17, 15) is 4.79 Å². The maximum atomic E-state index is 12.1. The van der Waals surface area contributed by atoms with E-state index in [1.165, 1.54) is 28.7 Å². The predicted octanol–water partition coefficient (Wildman–Crippen LogP) is 5.45. The van der Waals surface area contributed by atoms with Crippen LogP contribution in [0.2, 0.25) is 5.02 Å². The van der Waals surface area contributed by atoms with Crippen molar-refractivity contribution in [3.05, 3.63) is 52.5 Å². The summed E-state index contributed by atoms with van der Waals surface area (Å²) in [7, 11) is 0. The minimum absolute atomic E-state index is 0.0438. The van der Waals surface area contributed by atoms with Gasteiger partial charge in [-0.15, -0.1) is 11.8 Å². The molecule has 27 heavy (non-hydrogen) atoms. The van der Waals surface area contributed by atoms with E-state index in [-0.39, 0.29) is 5.91 Å². The van der Waals surface area contributed by atoms with Crippen molar-refractivity contribution >= 4 is 56.0 Å². The number of fused-ring (bicyclic) bond motifs is 3. The molecule has 3 aromatic rings. The average Bonchev–Trinajstić information content (AvgIpc) is 3.12. The first-order valence-corrected chi connectivity index (χ1v) is 11.2. The van der Waals surface area contributed by atoms with E-state index in [0.29, 0.717) is 12.2 Å². The smallest absolute Gasteiger partial charge is 0.239 e. The lowest BCUT2D eigenvalue weighted by Gasteiger charge is -2.15. The quantitative estimate of drug-likeness (QED) is 0.413. The van der Waals surface area contributed by atoms with Crippen LogP contribution in [0.5, 0.6) is 0 Å². The monoisotopic (exact) mass is 417 g/mol. The predicted molar refractivity (Wildman–Crippen MR) is 115 cm³/mol. The largest absolute Gasteiger partial charge is 0.273 e. The van der Waals surface area contributed by atoms with Gasteiger partial charge in [0.2, 0.25) is 11.0 Å². The number of hydrogen-bond acceptors (Lipinski definition) is 5. The van der Waals surface area contributed by atoms with Crippen molar-refractivity contribution in [1.82, 2.24) is 10.4 Å². The molecule has 0 bridgehead atoms. The number of rotatable bonds is 6. The summed E-state index contributed by atoms with van der Waals surface area (Å²) in [4.78, 5) is 17.9. The number of halogens is 1. The molecule has 1 aromatic heterocycles. The molecule has 0 saturated carbocycles. The summed E-state index contributed by atoms with van der Waals surface area (Å²) in [5, 5.41) is 1.46. The topological polar surface area (TPSA) is 54.0 Å². The summed E-state index contributed by atoms with van der Waals surface area (Å²) in [6.45, 7) is 0. The van der Waals surface area contributed by atoms with Gasteiger partial charge in [0.05, 0.1) is 10.2 Å². The maximum absolute atomic E-state index is 12.1. The van der Waals surface area contributed by atoms with Crippen molar-refractivity contribution in [2.75, 3.05) is 11.2 Å². The van der Waals surface area contributed by atoms with Crippen LogP contribution in [0.25, 0.3) is 10.2 Å². The van der Waals surface area contributed by atoms with Crippen LogP contribution in [-0.4, -0.2) is 16.6 Å². The summed E-state index contributed by atoms with van der Waals surface area (Å²) < 4.78 is 1.17. The molecule has 2 aromatic carbocycles. The number of benzene rings is 2. The third kappa shape index (κ3) is 4.57. The van der Waals surface area contributed by atoms with E-state index in [1.807, 2.05) is 24.3 Å². The lowest BCUT2D eigenvalue weighted by molar-refractivity contribution is -0.120. The van der Waals surface area contributed by atoms with Crippen LogP contribution < -0.4 is 10.9 Å². The number of hydrogen-bond donors (Lipinski definition) is 2. The molecule has 0 saturated heterocycles. The number of carbonyl (C=O) groups excluding carboxylic acids is 1. The first-order chi connectivity index (χ1) is 13.2. The molecule has 4 nitrogen and oxygen atoms in total. The second kappa shape index (κ2) is 8.50. The first kappa shape index (κ1) is 18.6. The number of hydrazine groups is 1. The Morgan fingerprint density at radius 3 is 2.81 bits per heavy atom. The first-order valence-electron chi connectivity index (χ1n) is 9.03. The number of nitrogens with one attached hydrogen (secondary N) is 2. The summed E-state index contributed by atoms with van der Waals surface area (Å²) in [6.07, 6.45) is 5.17. The number of nitrogens with zero attached hydrogens (tertiary/aromatic N) is 1. The Bertz CT molecular complexity index is 956. The number of thiazole rings is 1. The van der Waals surface area contributed by atoms with Gasteiger partial charge in [-0.3, -0.25) is 15.6 Å². The summed E-state index contributed by atoms with van der Waals surface area (Å²) in [5.41, 5.74) is 9.64. The van der Waals surface area contributed by atoms with Crippen LogP contribution in [-0.2, 0) is 17.6 Å². The second-order valence-corrected chi connectivity index (χ2v) is 9.14. The van der Waals surface area contributed by atoms with Gasteiger partial charge < -0.3 is 0 Å². The summed E-state index contributed by atoms with van der Waals surface area (Å²) in [6, 6.07) is 12.0. The zero-order valence-corrected chi connectivity index (χ0v) is 17.1. The van der Waals surface area contributed by atoms with Crippen molar-refractivity contribution in [2.45, 2.75) is 37.0 Å². The Labute approximate surface area is 171 Å². The van der Waals surface area contributed by atoms with Crippen LogP contribution in [0.4, 0.5) is 5.13 Å². The van der Waals surface area contributed by atoms with Crippen LogP contribution in [0.3, 0.4) is 0 Å². The Balaban J connectivity index is 1.30. The maximum Gasteiger partial charge on any atom is 0.239 e. The standard InChI is InChI=1S/C20H20ClN3OS2/c21-14-6-8-15(9-7-14)26-12-11-18(25)23-24-20-22-19-16-4-2-1-3-13(16)5-10-17(19)27-20/h5-10H,1-4,11-12H2,(H,22,24)(H,23,25). The highest BCUT2D eigenvalue weighted by atomic mass is 35.5.